The van der Waals surface area contributed by atoms with Crippen LogP contribution in [-0.4, -0.2) is 0 Å². The molecule has 0 aliphatic heterocycles. The van der Waals surface area contributed by atoms with Crippen LogP contribution in [0.25, 0.3) is 0 Å². The first-order chi connectivity index (χ1) is 5.45. The Morgan fingerprint density at radius 3 is 2.91 bits per heavy atom. The maximum Gasteiger partial charge on any atom is 0.00672 e. The Hall–Kier alpha value is -1.04. The summed E-state index contributed by atoms with van der Waals surface area (Å²) in [6, 6.07) is 0. The predicted octanol–water partition coefficient (Wildman–Crippen LogP) is 2.76. The van der Waals surface area contributed by atoms with E-state index in [0.717, 1.165) is 12.3 Å². The molecule has 0 saturated heterocycles. The molecule has 0 fully saturated rings. The molecule has 1 atom stereocenters. The second kappa shape index (κ2) is 1.76. The molecular weight excluding hydrogens is 132 g/mol. The molecule has 0 aromatic rings. The lowest BCUT2D eigenvalue weighted by atomic mass is 9.79. The van der Waals surface area contributed by atoms with E-state index in [2.05, 4.69) is 30.4 Å². The highest BCUT2D eigenvalue weighted by Crippen LogP contribution is 2.47. The maximum atomic E-state index is 2.34. The van der Waals surface area contributed by atoms with Crippen molar-refractivity contribution in [1.82, 2.24) is 0 Å². The molecule has 0 radical (unpaired) electrons. The van der Waals surface area contributed by atoms with E-state index in [0.29, 0.717) is 0 Å². The lowest BCUT2D eigenvalue weighted by Crippen LogP contribution is -2.10. The smallest absolute Gasteiger partial charge is 0.00672 e. The molecule has 54 valence electrons. The van der Waals surface area contributed by atoms with Crippen molar-refractivity contribution in [2.75, 3.05) is 0 Å². The molecule has 1 unspecified atom stereocenters. The summed E-state index contributed by atoms with van der Waals surface area (Å²) in [5.74, 6) is 0.788. The minimum Gasteiger partial charge on any atom is -0.0801 e. The van der Waals surface area contributed by atoms with Crippen molar-refractivity contribution < 1.29 is 0 Å². The number of hydrogen-bond acceptors (Lipinski definition) is 0. The first kappa shape index (κ1) is 5.59. The third-order valence-electron chi connectivity index (χ3n) is 2.80. The first-order valence-corrected chi connectivity index (χ1v) is 4.22. The number of hydrogen-bond donors (Lipinski definition) is 0. The van der Waals surface area contributed by atoms with E-state index in [1.807, 2.05) is 0 Å². The number of allylic oxidation sites excluding steroid dienone is 8. The van der Waals surface area contributed by atoms with E-state index in [1.54, 1.807) is 16.7 Å². The monoisotopic (exact) mass is 142 g/mol. The van der Waals surface area contributed by atoms with Gasteiger partial charge in [0.05, 0.1) is 0 Å². The van der Waals surface area contributed by atoms with E-state index in [1.165, 1.54) is 6.42 Å². The molecule has 2 bridgehead atoms. The van der Waals surface area contributed by atoms with Crippen LogP contribution in [0.2, 0.25) is 0 Å². The maximum absolute atomic E-state index is 2.34. The molecule has 0 aromatic carbocycles. The van der Waals surface area contributed by atoms with Crippen LogP contribution in [0.15, 0.2) is 47.1 Å². The molecule has 0 amide bonds. The van der Waals surface area contributed by atoms with Gasteiger partial charge in [0.2, 0.25) is 0 Å². The summed E-state index contributed by atoms with van der Waals surface area (Å²) in [4.78, 5) is 0. The molecule has 0 N–H and O–H groups in total. The molecule has 0 heterocycles. The molecule has 0 aromatic heterocycles. The third-order valence-corrected chi connectivity index (χ3v) is 2.80. The van der Waals surface area contributed by atoms with Crippen LogP contribution in [-0.2, 0) is 0 Å². The summed E-state index contributed by atoms with van der Waals surface area (Å²) < 4.78 is 0. The van der Waals surface area contributed by atoms with Gasteiger partial charge in [-0.2, -0.15) is 0 Å². The molecule has 11 heavy (non-hydrogen) atoms. The van der Waals surface area contributed by atoms with Crippen LogP contribution in [0.1, 0.15) is 12.8 Å². The second-order valence-corrected chi connectivity index (χ2v) is 3.43. The van der Waals surface area contributed by atoms with Crippen LogP contribution in [0.4, 0.5) is 0 Å². The molecular formula is C11H10. The largest absolute Gasteiger partial charge is 0.0801 e. The summed E-state index contributed by atoms with van der Waals surface area (Å²) >= 11 is 0. The fourth-order valence-electron chi connectivity index (χ4n) is 2.20. The van der Waals surface area contributed by atoms with Crippen molar-refractivity contribution >= 4 is 0 Å². The summed E-state index contributed by atoms with van der Waals surface area (Å²) in [5.41, 5.74) is 4.78. The Labute approximate surface area is 66.6 Å². The average Bonchev–Trinajstić information content (AvgIpc) is 2.59. The van der Waals surface area contributed by atoms with Crippen molar-refractivity contribution in [3.8, 4) is 0 Å². The van der Waals surface area contributed by atoms with Crippen LogP contribution < -0.4 is 0 Å². The molecule has 0 heteroatoms. The van der Waals surface area contributed by atoms with Crippen molar-refractivity contribution in [2.24, 2.45) is 5.92 Å². The van der Waals surface area contributed by atoms with Gasteiger partial charge in [0.1, 0.15) is 0 Å². The molecule has 4 aliphatic carbocycles. The standard InChI is InChI=1S/C11H10/c1-2-4-8(3-1)11-9-5-6-10(11)7-9/h1-3,5-6,9H,4,7H2. The molecule has 0 saturated carbocycles. The summed E-state index contributed by atoms with van der Waals surface area (Å²) in [7, 11) is 0. The average molecular weight is 142 g/mol. The van der Waals surface area contributed by atoms with Crippen LogP contribution >= 0.6 is 0 Å². The van der Waals surface area contributed by atoms with Gasteiger partial charge in [0, 0.05) is 5.92 Å². The van der Waals surface area contributed by atoms with Crippen LogP contribution in [0.5, 0.6) is 0 Å². The van der Waals surface area contributed by atoms with Gasteiger partial charge in [-0.15, -0.1) is 0 Å². The Morgan fingerprint density at radius 2 is 2.36 bits per heavy atom. The van der Waals surface area contributed by atoms with Gasteiger partial charge in [-0.3, -0.25) is 0 Å². The van der Waals surface area contributed by atoms with Gasteiger partial charge in [-0.25, -0.2) is 0 Å². The van der Waals surface area contributed by atoms with Gasteiger partial charge in [-0.05, 0) is 29.6 Å². The quantitative estimate of drug-likeness (QED) is 0.528. The van der Waals surface area contributed by atoms with Crippen molar-refractivity contribution in [1.29, 1.82) is 0 Å². The zero-order valence-corrected chi connectivity index (χ0v) is 6.38. The highest BCUT2D eigenvalue weighted by molar-refractivity contribution is 5.58. The van der Waals surface area contributed by atoms with Crippen molar-refractivity contribution in [3.63, 3.8) is 0 Å². The van der Waals surface area contributed by atoms with Gasteiger partial charge in [0.15, 0.2) is 0 Å². The second-order valence-electron chi connectivity index (χ2n) is 3.43. The Bertz CT molecular complexity index is 324. The summed E-state index contributed by atoms with van der Waals surface area (Å²) in [6.45, 7) is 0. The Kier molecular flexibility index (Phi) is 0.894. The summed E-state index contributed by atoms with van der Waals surface area (Å²) in [5, 5.41) is 0. The first-order valence-electron chi connectivity index (χ1n) is 4.22. The van der Waals surface area contributed by atoms with Gasteiger partial charge in [-0.1, -0.05) is 30.4 Å². The van der Waals surface area contributed by atoms with Gasteiger partial charge < -0.3 is 0 Å². The van der Waals surface area contributed by atoms with E-state index in [4.69, 9.17) is 0 Å². The fraction of sp³-hybridized carbons (Fsp3) is 0.273. The molecule has 4 aliphatic rings. The lowest BCUT2D eigenvalue weighted by molar-refractivity contribution is 0.705. The zero-order chi connectivity index (χ0) is 7.26. The van der Waals surface area contributed by atoms with Gasteiger partial charge in [0.25, 0.3) is 0 Å². The number of rotatable bonds is 1. The SMILES string of the molecule is C1=CCC(C2=C3C=CC2C3)=C1. The molecule has 4 rings (SSSR count). The van der Waals surface area contributed by atoms with Crippen LogP contribution in [0, 0.1) is 5.92 Å². The normalized spacial score (nSPS) is 31.3. The molecule has 0 nitrogen and oxygen atoms in total. The predicted molar refractivity (Wildman–Crippen MR) is 46.1 cm³/mol. The Morgan fingerprint density at radius 1 is 1.36 bits per heavy atom. The van der Waals surface area contributed by atoms with E-state index in [-0.39, 0.29) is 0 Å². The molecule has 0 spiro atoms. The minimum atomic E-state index is 0.788. The van der Waals surface area contributed by atoms with Crippen molar-refractivity contribution in [2.45, 2.75) is 12.8 Å². The van der Waals surface area contributed by atoms with E-state index in [9.17, 15) is 0 Å². The van der Waals surface area contributed by atoms with E-state index >= 15 is 0 Å². The zero-order valence-electron chi connectivity index (χ0n) is 6.38. The lowest BCUT2D eigenvalue weighted by Gasteiger charge is -2.25. The highest BCUT2D eigenvalue weighted by Gasteiger charge is 2.32. The van der Waals surface area contributed by atoms with Gasteiger partial charge >= 0.3 is 0 Å². The van der Waals surface area contributed by atoms with E-state index < -0.39 is 0 Å². The highest BCUT2D eigenvalue weighted by atomic mass is 14.4. The Balaban J connectivity index is 1.99. The third kappa shape index (κ3) is 0.597. The fourth-order valence-corrected chi connectivity index (χ4v) is 2.20. The topological polar surface area (TPSA) is 0 Å². The van der Waals surface area contributed by atoms with Crippen LogP contribution in [0.3, 0.4) is 0 Å². The summed E-state index contributed by atoms with van der Waals surface area (Å²) in [6.07, 6.45) is 13.8. The minimum absolute atomic E-state index is 0.788. The van der Waals surface area contributed by atoms with Crippen molar-refractivity contribution in [3.05, 3.63) is 47.1 Å².